The summed E-state index contributed by atoms with van der Waals surface area (Å²) in [6.07, 6.45) is 0.931. The van der Waals surface area contributed by atoms with Crippen molar-refractivity contribution in [2.75, 3.05) is 13.2 Å². The van der Waals surface area contributed by atoms with E-state index in [2.05, 4.69) is 10.3 Å². The van der Waals surface area contributed by atoms with E-state index in [9.17, 15) is 8.78 Å². The van der Waals surface area contributed by atoms with E-state index in [-0.39, 0.29) is 30.5 Å². The van der Waals surface area contributed by atoms with Crippen LogP contribution in [0.4, 0.5) is 8.78 Å². The third-order valence-corrected chi connectivity index (χ3v) is 3.99. The molecule has 2 aromatic carbocycles. The average molecular weight is 331 g/mol. The van der Waals surface area contributed by atoms with Crippen molar-refractivity contribution in [1.82, 2.24) is 5.32 Å². The Bertz CT molecular complexity index is 729. The molecule has 3 rings (SSSR count). The van der Waals surface area contributed by atoms with E-state index < -0.39 is 11.6 Å². The molecule has 1 heterocycles. The first-order valence-corrected chi connectivity index (χ1v) is 7.86. The zero-order valence-electron chi connectivity index (χ0n) is 13.1. The molecule has 0 fully saturated rings. The van der Waals surface area contributed by atoms with Gasteiger partial charge in [-0.1, -0.05) is 24.3 Å². The van der Waals surface area contributed by atoms with Gasteiger partial charge in [0.2, 0.25) is 0 Å². The lowest BCUT2D eigenvalue weighted by molar-refractivity contribution is 0.262. The molecule has 3 N–H and O–H groups in total. The highest BCUT2D eigenvalue weighted by atomic mass is 19.1. The van der Waals surface area contributed by atoms with E-state index in [0.717, 1.165) is 17.7 Å². The Hall–Kier alpha value is -2.63. The number of guanidine groups is 1. The average Bonchev–Trinajstić information content (AvgIpc) is 2.58. The molecule has 1 aliphatic rings. The van der Waals surface area contributed by atoms with Crippen molar-refractivity contribution >= 4 is 5.96 Å². The molecular formula is C18H19F2N3O. The number of hydrogen-bond donors (Lipinski definition) is 2. The molecular weight excluding hydrogens is 312 g/mol. The van der Waals surface area contributed by atoms with Crippen LogP contribution in [0.15, 0.2) is 47.5 Å². The molecule has 0 spiro atoms. The first kappa shape index (κ1) is 16.2. The fourth-order valence-corrected chi connectivity index (χ4v) is 2.78. The Labute approximate surface area is 139 Å². The minimum Gasteiger partial charge on any atom is -0.493 e. The van der Waals surface area contributed by atoms with Gasteiger partial charge in [0.1, 0.15) is 17.4 Å². The highest BCUT2D eigenvalue weighted by Crippen LogP contribution is 2.31. The maximum absolute atomic E-state index is 13.6. The molecule has 1 aliphatic heterocycles. The van der Waals surface area contributed by atoms with Crippen LogP contribution < -0.4 is 15.8 Å². The van der Waals surface area contributed by atoms with E-state index in [1.165, 1.54) is 18.2 Å². The maximum Gasteiger partial charge on any atom is 0.189 e. The Morgan fingerprint density at radius 2 is 1.92 bits per heavy atom. The fraction of sp³-hybridized carbons (Fsp3) is 0.278. The van der Waals surface area contributed by atoms with E-state index in [1.54, 1.807) is 0 Å². The Balaban J connectivity index is 1.61. The molecule has 1 atom stereocenters. The highest BCUT2D eigenvalue weighted by molar-refractivity contribution is 5.78. The summed E-state index contributed by atoms with van der Waals surface area (Å²) in [6.45, 7) is 0.809. The van der Waals surface area contributed by atoms with Crippen molar-refractivity contribution in [3.8, 4) is 5.75 Å². The molecule has 24 heavy (non-hydrogen) atoms. The summed E-state index contributed by atoms with van der Waals surface area (Å²) >= 11 is 0. The van der Waals surface area contributed by atoms with Gasteiger partial charge in [0.05, 0.1) is 12.6 Å². The van der Waals surface area contributed by atoms with Crippen LogP contribution in [0.1, 0.15) is 23.6 Å². The van der Waals surface area contributed by atoms with Crippen molar-refractivity contribution < 1.29 is 13.5 Å². The van der Waals surface area contributed by atoms with Crippen LogP contribution in [0, 0.1) is 11.6 Å². The minimum atomic E-state index is -0.560. The van der Waals surface area contributed by atoms with E-state index in [0.29, 0.717) is 6.61 Å². The number of nitrogens with two attached hydrogens (primary N) is 1. The summed E-state index contributed by atoms with van der Waals surface area (Å²) in [7, 11) is 0. The summed E-state index contributed by atoms with van der Waals surface area (Å²) in [5.41, 5.74) is 6.98. The summed E-state index contributed by atoms with van der Waals surface area (Å²) < 4.78 is 32.7. The first-order chi connectivity index (χ1) is 11.6. The molecule has 0 aromatic heterocycles. The molecule has 0 saturated carbocycles. The molecule has 2 aromatic rings. The summed E-state index contributed by atoms with van der Waals surface area (Å²) in [6, 6.07) is 11.6. The van der Waals surface area contributed by atoms with Crippen molar-refractivity contribution in [1.29, 1.82) is 0 Å². The monoisotopic (exact) mass is 331 g/mol. The highest BCUT2D eigenvalue weighted by Gasteiger charge is 2.21. The van der Waals surface area contributed by atoms with Crippen LogP contribution in [0.3, 0.4) is 0 Å². The summed E-state index contributed by atoms with van der Waals surface area (Å²) in [5, 5.41) is 3.15. The molecule has 0 amide bonds. The van der Waals surface area contributed by atoms with Crippen LogP contribution in [-0.2, 0) is 6.42 Å². The number of ether oxygens (including phenoxy) is 1. The van der Waals surface area contributed by atoms with Crippen LogP contribution in [-0.4, -0.2) is 19.1 Å². The number of rotatable bonds is 4. The lowest BCUT2D eigenvalue weighted by atomic mass is 10.0. The van der Waals surface area contributed by atoms with Crippen LogP contribution in [0.2, 0.25) is 0 Å². The smallest absolute Gasteiger partial charge is 0.189 e. The molecule has 0 aliphatic carbocycles. The first-order valence-electron chi connectivity index (χ1n) is 7.86. The van der Waals surface area contributed by atoms with Gasteiger partial charge in [-0.25, -0.2) is 8.78 Å². The fourth-order valence-electron chi connectivity index (χ4n) is 2.78. The number of aliphatic imine (C=N–C) groups is 1. The van der Waals surface area contributed by atoms with Gasteiger partial charge in [-0.15, -0.1) is 0 Å². The lowest BCUT2D eigenvalue weighted by Crippen LogP contribution is -2.37. The van der Waals surface area contributed by atoms with Gasteiger partial charge in [0.25, 0.3) is 0 Å². The number of para-hydroxylation sites is 1. The second kappa shape index (κ2) is 7.29. The second-order valence-electron chi connectivity index (χ2n) is 5.59. The number of fused-ring (bicyclic) bond motifs is 1. The predicted octanol–water partition coefficient (Wildman–Crippen LogP) is 2.94. The van der Waals surface area contributed by atoms with Crippen molar-refractivity contribution in [2.24, 2.45) is 10.7 Å². The van der Waals surface area contributed by atoms with Gasteiger partial charge in [-0.2, -0.15) is 0 Å². The molecule has 0 saturated heterocycles. The largest absolute Gasteiger partial charge is 0.493 e. The Morgan fingerprint density at radius 1 is 1.17 bits per heavy atom. The van der Waals surface area contributed by atoms with Crippen molar-refractivity contribution in [3.63, 3.8) is 0 Å². The topological polar surface area (TPSA) is 59.6 Å². The number of benzene rings is 2. The standard InChI is InChI=1S/C18H19F2N3O/c19-14-5-3-6-15(20)12(14)8-10-22-18(21)23-16-9-11-24-17-7-2-1-4-13(16)17/h1-7,16H,8-11H2,(H3,21,22,23). The SMILES string of the molecule is NC(=NCCc1c(F)cccc1F)NC1CCOc2ccccc21. The third-order valence-electron chi connectivity index (χ3n) is 3.99. The number of nitrogens with one attached hydrogen (secondary N) is 1. The number of halogens is 2. The minimum absolute atomic E-state index is 0.0175. The second-order valence-corrected chi connectivity index (χ2v) is 5.59. The molecule has 4 nitrogen and oxygen atoms in total. The molecule has 0 bridgehead atoms. The summed E-state index contributed by atoms with van der Waals surface area (Å²) in [5.74, 6) is -0.0268. The van der Waals surface area contributed by atoms with Crippen molar-refractivity contribution in [2.45, 2.75) is 18.9 Å². The zero-order chi connectivity index (χ0) is 16.9. The quantitative estimate of drug-likeness (QED) is 0.669. The van der Waals surface area contributed by atoms with Gasteiger partial charge in [0, 0.05) is 24.1 Å². The van der Waals surface area contributed by atoms with Crippen LogP contribution in [0.25, 0.3) is 0 Å². The number of hydrogen-bond acceptors (Lipinski definition) is 2. The van der Waals surface area contributed by atoms with E-state index in [1.807, 2.05) is 24.3 Å². The predicted molar refractivity (Wildman–Crippen MR) is 89.0 cm³/mol. The van der Waals surface area contributed by atoms with Crippen LogP contribution in [0.5, 0.6) is 5.75 Å². The van der Waals surface area contributed by atoms with Gasteiger partial charge < -0.3 is 15.8 Å². The zero-order valence-corrected chi connectivity index (χ0v) is 13.1. The van der Waals surface area contributed by atoms with Gasteiger partial charge >= 0.3 is 0 Å². The molecule has 126 valence electrons. The van der Waals surface area contributed by atoms with Crippen LogP contribution >= 0.6 is 0 Å². The van der Waals surface area contributed by atoms with Gasteiger partial charge in [0.15, 0.2) is 5.96 Å². The van der Waals surface area contributed by atoms with E-state index >= 15 is 0 Å². The third kappa shape index (κ3) is 3.64. The van der Waals surface area contributed by atoms with E-state index in [4.69, 9.17) is 10.5 Å². The summed E-state index contributed by atoms with van der Waals surface area (Å²) in [4.78, 5) is 4.18. The maximum atomic E-state index is 13.6. The van der Waals surface area contributed by atoms with Gasteiger partial charge in [-0.3, -0.25) is 4.99 Å². The normalized spacial score (nSPS) is 17.1. The number of nitrogens with zero attached hydrogens (tertiary/aromatic N) is 1. The molecule has 0 radical (unpaired) electrons. The Morgan fingerprint density at radius 3 is 2.71 bits per heavy atom. The lowest BCUT2D eigenvalue weighted by Gasteiger charge is -2.26. The van der Waals surface area contributed by atoms with Crippen molar-refractivity contribution in [3.05, 3.63) is 65.2 Å². The van der Waals surface area contributed by atoms with Gasteiger partial charge in [-0.05, 0) is 24.6 Å². The molecule has 6 heteroatoms. The molecule has 1 unspecified atom stereocenters. The Kier molecular flexibility index (Phi) is 4.93.